The van der Waals surface area contributed by atoms with Gasteiger partial charge in [-0.25, -0.2) is 4.98 Å². The molecule has 0 spiro atoms. The Labute approximate surface area is 203 Å². The lowest BCUT2D eigenvalue weighted by molar-refractivity contribution is 0.475. The second-order valence-corrected chi connectivity index (χ2v) is 10.2. The van der Waals surface area contributed by atoms with Crippen LogP contribution >= 0.6 is 46.3 Å². The van der Waals surface area contributed by atoms with Crippen LogP contribution in [0.5, 0.6) is 5.75 Å². The highest BCUT2D eigenvalue weighted by atomic mass is 35.5. The average Bonchev–Trinajstić information content (AvgIpc) is 3.21. The first-order valence-electron chi connectivity index (χ1n) is 9.79. The quantitative estimate of drug-likeness (QED) is 0.196. The van der Waals surface area contributed by atoms with Crippen molar-refractivity contribution < 1.29 is 5.11 Å². The molecule has 0 atom stereocenters. The van der Waals surface area contributed by atoms with Gasteiger partial charge in [0.25, 0.3) is 0 Å². The van der Waals surface area contributed by atoms with E-state index in [1.807, 2.05) is 60.7 Å². The Balaban J connectivity index is 1.39. The largest absolute Gasteiger partial charge is 0.507 e. The second kappa shape index (κ2) is 9.12. The molecular weight excluding hydrogens is 479 g/mol. The monoisotopic (exact) mass is 494 g/mol. The van der Waals surface area contributed by atoms with Gasteiger partial charge in [-0.2, -0.15) is 0 Å². The fraction of sp³-hybridized carbons (Fsp3) is 0.0400. The topological polar surface area (TPSA) is 45.5 Å². The molecule has 5 aromatic rings. The Morgan fingerprint density at radius 3 is 2.78 bits per heavy atom. The molecule has 0 saturated carbocycles. The van der Waals surface area contributed by atoms with E-state index in [4.69, 9.17) is 28.2 Å². The summed E-state index contributed by atoms with van der Waals surface area (Å²) in [5, 5.41) is 13.7. The third kappa shape index (κ3) is 4.48. The molecule has 1 aromatic heterocycles. The number of aliphatic imine (C=N–C) groups is 1. The number of thioether (sulfide) groups is 1. The highest BCUT2D eigenvalue weighted by molar-refractivity contribution is 8.00. The molecule has 0 aliphatic heterocycles. The van der Waals surface area contributed by atoms with Crippen LogP contribution in [0, 0.1) is 0 Å². The van der Waals surface area contributed by atoms with E-state index in [0.29, 0.717) is 21.4 Å². The molecule has 1 heterocycles. The maximum absolute atomic E-state index is 10.3. The molecule has 4 aromatic carbocycles. The summed E-state index contributed by atoms with van der Waals surface area (Å²) >= 11 is 15.6. The van der Waals surface area contributed by atoms with Crippen molar-refractivity contribution in [2.45, 2.75) is 10.1 Å². The van der Waals surface area contributed by atoms with E-state index < -0.39 is 0 Å². The molecule has 0 fully saturated rings. The lowest BCUT2D eigenvalue weighted by atomic mass is 10.0. The van der Waals surface area contributed by atoms with Gasteiger partial charge in [0.15, 0.2) is 4.34 Å². The van der Waals surface area contributed by atoms with Crippen LogP contribution in [0.4, 0.5) is 5.69 Å². The Morgan fingerprint density at radius 2 is 1.88 bits per heavy atom. The average molecular weight is 495 g/mol. The minimum Gasteiger partial charge on any atom is -0.507 e. The highest BCUT2D eigenvalue weighted by Gasteiger charge is 2.09. The lowest BCUT2D eigenvalue weighted by Crippen LogP contribution is -1.85. The molecule has 0 aliphatic rings. The molecule has 1 N–H and O–H groups in total. The molecule has 32 heavy (non-hydrogen) atoms. The van der Waals surface area contributed by atoms with Gasteiger partial charge in [-0.05, 0) is 58.8 Å². The summed E-state index contributed by atoms with van der Waals surface area (Å²) in [4.78, 5) is 9.32. The molecule has 0 saturated heterocycles. The molecule has 3 nitrogen and oxygen atoms in total. The maximum Gasteiger partial charge on any atom is 0.151 e. The number of nitrogens with zero attached hydrogens (tertiary/aromatic N) is 2. The number of hydrogen-bond donors (Lipinski definition) is 1. The first kappa shape index (κ1) is 21.3. The second-order valence-electron chi connectivity index (χ2n) is 7.13. The smallest absolute Gasteiger partial charge is 0.151 e. The zero-order valence-electron chi connectivity index (χ0n) is 16.6. The van der Waals surface area contributed by atoms with Crippen LogP contribution in [0.1, 0.15) is 11.1 Å². The Hall–Kier alpha value is -2.57. The molecular formula is C25H16Cl2N2OS2. The van der Waals surface area contributed by atoms with E-state index in [1.54, 1.807) is 41.4 Å². The van der Waals surface area contributed by atoms with Gasteiger partial charge < -0.3 is 5.11 Å². The Bertz CT molecular complexity index is 1480. The van der Waals surface area contributed by atoms with Crippen LogP contribution in [0.3, 0.4) is 0 Å². The van der Waals surface area contributed by atoms with Gasteiger partial charge in [0.05, 0.1) is 15.9 Å². The van der Waals surface area contributed by atoms with Crippen LogP contribution in [-0.4, -0.2) is 16.3 Å². The number of phenols is 1. The predicted molar refractivity (Wildman–Crippen MR) is 139 cm³/mol. The van der Waals surface area contributed by atoms with Crippen molar-refractivity contribution in [1.82, 2.24) is 4.98 Å². The fourth-order valence-electron chi connectivity index (χ4n) is 3.39. The van der Waals surface area contributed by atoms with E-state index in [1.165, 1.54) is 0 Å². The zero-order valence-corrected chi connectivity index (χ0v) is 19.8. The maximum atomic E-state index is 10.3. The van der Waals surface area contributed by atoms with E-state index in [2.05, 4.69) is 4.99 Å². The Morgan fingerprint density at radius 1 is 1.00 bits per heavy atom. The molecule has 158 valence electrons. The molecule has 7 heteroatoms. The SMILES string of the molecule is Oc1ccc2ccccc2c1C=Nc1ccc2nc(SCc3cc(Cl)ccc3Cl)sc2c1. The summed E-state index contributed by atoms with van der Waals surface area (Å²) in [5.74, 6) is 0.912. The highest BCUT2D eigenvalue weighted by Crippen LogP contribution is 2.35. The summed E-state index contributed by atoms with van der Waals surface area (Å²) in [5.41, 5.74) is 3.44. The standard InChI is InChI=1S/C25H16Cl2N2OS2/c26-17-6-8-21(27)16(11-17)14-31-25-29-22-9-7-18(12-24(22)32-25)28-13-20-19-4-2-1-3-15(19)5-10-23(20)30/h1-13,30H,14H2. The van der Waals surface area contributed by atoms with Gasteiger partial charge in [-0.15, -0.1) is 11.3 Å². The summed E-state index contributed by atoms with van der Waals surface area (Å²) in [6, 6.07) is 23.0. The first-order chi connectivity index (χ1) is 15.6. The number of phenolic OH excluding ortho intramolecular Hbond substituents is 1. The minimum absolute atomic E-state index is 0.213. The van der Waals surface area contributed by atoms with Crippen molar-refractivity contribution in [3.05, 3.63) is 94.0 Å². The number of halogens is 2. The fourth-order valence-corrected chi connectivity index (χ4v) is 5.94. The van der Waals surface area contributed by atoms with Gasteiger partial charge in [0.2, 0.25) is 0 Å². The third-order valence-corrected chi connectivity index (χ3v) is 7.82. The predicted octanol–water partition coefficient (Wildman–Crippen LogP) is 8.50. The van der Waals surface area contributed by atoms with Crippen molar-refractivity contribution in [3.63, 3.8) is 0 Å². The molecule has 0 radical (unpaired) electrons. The van der Waals surface area contributed by atoms with Crippen molar-refractivity contribution in [1.29, 1.82) is 0 Å². The van der Waals surface area contributed by atoms with E-state index in [-0.39, 0.29) is 5.75 Å². The number of benzene rings is 4. The Kier molecular flexibility index (Phi) is 6.07. The number of aromatic nitrogens is 1. The van der Waals surface area contributed by atoms with Crippen LogP contribution < -0.4 is 0 Å². The van der Waals surface area contributed by atoms with Crippen molar-refractivity contribution in [2.24, 2.45) is 4.99 Å². The van der Waals surface area contributed by atoms with Gasteiger partial charge >= 0.3 is 0 Å². The molecule has 0 aliphatic carbocycles. The number of aromatic hydroxyl groups is 1. The van der Waals surface area contributed by atoms with Crippen molar-refractivity contribution >= 4 is 79.2 Å². The number of hydrogen-bond acceptors (Lipinski definition) is 5. The summed E-state index contributed by atoms with van der Waals surface area (Å²) in [6.45, 7) is 0. The van der Waals surface area contributed by atoms with Crippen LogP contribution in [0.2, 0.25) is 10.0 Å². The van der Waals surface area contributed by atoms with Crippen LogP contribution in [0.15, 0.2) is 82.1 Å². The number of rotatable bonds is 5. The molecule has 0 amide bonds. The number of thiazole rings is 1. The first-order valence-corrected chi connectivity index (χ1v) is 12.3. The van der Waals surface area contributed by atoms with E-state index >= 15 is 0 Å². The normalized spacial score (nSPS) is 11.7. The van der Waals surface area contributed by atoms with Crippen LogP contribution in [0.25, 0.3) is 21.0 Å². The molecule has 5 rings (SSSR count). The van der Waals surface area contributed by atoms with Gasteiger partial charge in [0, 0.05) is 27.6 Å². The van der Waals surface area contributed by atoms with Crippen LogP contribution in [-0.2, 0) is 5.75 Å². The third-order valence-electron chi connectivity index (χ3n) is 5.00. The van der Waals surface area contributed by atoms with E-state index in [9.17, 15) is 5.11 Å². The lowest BCUT2D eigenvalue weighted by Gasteiger charge is -2.04. The minimum atomic E-state index is 0.213. The van der Waals surface area contributed by atoms with E-state index in [0.717, 1.165) is 36.6 Å². The van der Waals surface area contributed by atoms with Gasteiger partial charge in [0.1, 0.15) is 5.75 Å². The molecule has 0 unspecified atom stereocenters. The zero-order chi connectivity index (χ0) is 22.1. The molecule has 0 bridgehead atoms. The van der Waals surface area contributed by atoms with Crippen molar-refractivity contribution in [2.75, 3.05) is 0 Å². The summed E-state index contributed by atoms with van der Waals surface area (Å²) in [7, 11) is 0. The summed E-state index contributed by atoms with van der Waals surface area (Å²) in [6.07, 6.45) is 1.72. The van der Waals surface area contributed by atoms with Crippen molar-refractivity contribution in [3.8, 4) is 5.75 Å². The summed E-state index contributed by atoms with van der Waals surface area (Å²) < 4.78 is 2.02. The number of fused-ring (bicyclic) bond motifs is 2. The van der Waals surface area contributed by atoms with Gasteiger partial charge in [-0.1, -0.05) is 65.3 Å². The van der Waals surface area contributed by atoms with Gasteiger partial charge in [-0.3, -0.25) is 4.99 Å².